The lowest BCUT2D eigenvalue weighted by molar-refractivity contribution is 0.172. The number of aliphatic hydroxyl groups is 1. The van der Waals surface area contributed by atoms with Gasteiger partial charge in [0.2, 0.25) is 0 Å². The molecule has 0 amide bonds. The Hall–Kier alpha value is -1.37. The second-order valence-corrected chi connectivity index (χ2v) is 6.38. The Morgan fingerprint density at radius 3 is 3.00 bits per heavy atom. The van der Waals surface area contributed by atoms with Crippen molar-refractivity contribution < 1.29 is 9.52 Å². The fourth-order valence-electron chi connectivity index (χ4n) is 2.89. The molecule has 1 saturated heterocycles. The van der Waals surface area contributed by atoms with Crippen molar-refractivity contribution in [3.8, 4) is 0 Å². The number of halogens is 1. The molecule has 1 fully saturated rings. The Kier molecular flexibility index (Phi) is 5.35. The zero-order chi connectivity index (χ0) is 16.2. The van der Waals surface area contributed by atoms with E-state index in [4.69, 9.17) is 16.0 Å². The van der Waals surface area contributed by atoms with Gasteiger partial charge in [-0.05, 0) is 36.8 Å². The average Bonchev–Trinajstić information content (AvgIpc) is 3.16. The van der Waals surface area contributed by atoms with E-state index in [0.717, 1.165) is 30.2 Å². The van der Waals surface area contributed by atoms with E-state index < -0.39 is 6.10 Å². The molecule has 2 aromatic rings. The fourth-order valence-corrected chi connectivity index (χ4v) is 3.09. The fraction of sp³-hybridized carbons (Fsp3) is 0.412. The van der Waals surface area contributed by atoms with Crippen molar-refractivity contribution in [2.24, 2.45) is 5.92 Å². The van der Waals surface area contributed by atoms with E-state index in [2.05, 4.69) is 16.2 Å². The van der Waals surface area contributed by atoms with Crippen molar-refractivity contribution in [3.63, 3.8) is 0 Å². The summed E-state index contributed by atoms with van der Waals surface area (Å²) in [7, 11) is 0. The molecular formula is C17H22ClN3O2. The first-order chi connectivity index (χ1) is 11.1. The smallest absolute Gasteiger partial charge is 0.122 e. The number of nitrogens with one attached hydrogen (secondary N) is 3. The molecule has 0 radical (unpaired) electrons. The topological polar surface area (TPSA) is 69.5 Å². The zero-order valence-corrected chi connectivity index (χ0v) is 13.8. The van der Waals surface area contributed by atoms with Crippen LogP contribution in [0.5, 0.6) is 0 Å². The van der Waals surface area contributed by atoms with Crippen LogP contribution >= 0.6 is 11.6 Å². The summed E-state index contributed by atoms with van der Waals surface area (Å²) >= 11 is 5.96. The minimum atomic E-state index is -0.569. The van der Waals surface area contributed by atoms with Gasteiger partial charge < -0.3 is 14.8 Å². The predicted octanol–water partition coefficient (Wildman–Crippen LogP) is 2.33. The molecule has 1 aliphatic heterocycles. The highest BCUT2D eigenvalue weighted by molar-refractivity contribution is 6.30. The zero-order valence-electron chi connectivity index (χ0n) is 13.1. The van der Waals surface area contributed by atoms with Crippen molar-refractivity contribution in [1.29, 1.82) is 0 Å². The first kappa shape index (κ1) is 16.5. The highest BCUT2D eigenvalue weighted by Crippen LogP contribution is 2.26. The summed E-state index contributed by atoms with van der Waals surface area (Å²) in [4.78, 5) is 0. The van der Waals surface area contributed by atoms with Crippen molar-refractivity contribution in [1.82, 2.24) is 16.2 Å². The molecule has 6 heteroatoms. The number of hydrazine groups is 1. The average molecular weight is 336 g/mol. The number of furan rings is 1. The van der Waals surface area contributed by atoms with E-state index in [1.54, 1.807) is 12.1 Å². The highest BCUT2D eigenvalue weighted by atomic mass is 35.5. The Labute approximate surface area is 141 Å². The van der Waals surface area contributed by atoms with E-state index in [9.17, 15) is 5.11 Å². The summed E-state index contributed by atoms with van der Waals surface area (Å²) in [6, 6.07) is 11.4. The van der Waals surface area contributed by atoms with Crippen molar-refractivity contribution in [2.45, 2.75) is 19.1 Å². The number of hydrogen-bond donors (Lipinski definition) is 4. The lowest BCUT2D eigenvalue weighted by atomic mass is 9.99. The van der Waals surface area contributed by atoms with Crippen LogP contribution in [0.4, 0.5) is 0 Å². The van der Waals surface area contributed by atoms with Crippen LogP contribution in [-0.2, 0) is 0 Å². The van der Waals surface area contributed by atoms with Crippen LogP contribution in [0.3, 0.4) is 0 Å². The summed E-state index contributed by atoms with van der Waals surface area (Å²) in [6.07, 6.45) is -0.569. The van der Waals surface area contributed by atoms with Crippen LogP contribution in [0, 0.1) is 12.8 Å². The molecule has 0 bridgehead atoms. The van der Waals surface area contributed by atoms with E-state index >= 15 is 0 Å². The molecule has 23 heavy (non-hydrogen) atoms. The van der Waals surface area contributed by atoms with Crippen LogP contribution < -0.4 is 16.2 Å². The van der Waals surface area contributed by atoms with Gasteiger partial charge in [-0.1, -0.05) is 23.7 Å². The quantitative estimate of drug-likeness (QED) is 0.652. The molecule has 124 valence electrons. The maximum Gasteiger partial charge on any atom is 0.122 e. The van der Waals surface area contributed by atoms with Gasteiger partial charge in [0.25, 0.3) is 0 Å². The number of aryl methyl sites for hydroxylation is 1. The Bertz CT molecular complexity index is 646. The molecule has 1 aromatic carbocycles. The molecule has 5 nitrogen and oxygen atoms in total. The number of benzene rings is 1. The van der Waals surface area contributed by atoms with Gasteiger partial charge in [-0.3, -0.25) is 5.43 Å². The summed E-state index contributed by atoms with van der Waals surface area (Å²) < 4.78 is 5.71. The van der Waals surface area contributed by atoms with E-state index in [-0.39, 0.29) is 6.04 Å². The molecule has 3 unspecified atom stereocenters. The molecule has 0 aliphatic carbocycles. The monoisotopic (exact) mass is 335 g/mol. The third-order valence-corrected chi connectivity index (χ3v) is 4.37. The van der Waals surface area contributed by atoms with Crippen molar-refractivity contribution >= 4 is 11.6 Å². The van der Waals surface area contributed by atoms with Gasteiger partial charge in [0, 0.05) is 30.6 Å². The van der Waals surface area contributed by atoms with Crippen LogP contribution in [0.1, 0.15) is 29.2 Å². The van der Waals surface area contributed by atoms with Gasteiger partial charge in [-0.15, -0.1) is 0 Å². The molecule has 0 saturated carbocycles. The summed E-state index contributed by atoms with van der Waals surface area (Å²) in [5.74, 6) is 2.21. The largest absolute Gasteiger partial charge is 0.465 e. The van der Waals surface area contributed by atoms with Crippen molar-refractivity contribution in [2.75, 3.05) is 19.6 Å². The van der Waals surface area contributed by atoms with E-state index in [0.29, 0.717) is 17.5 Å². The van der Waals surface area contributed by atoms with Gasteiger partial charge in [-0.2, -0.15) is 0 Å². The molecule has 1 aliphatic rings. The van der Waals surface area contributed by atoms with Crippen molar-refractivity contribution in [3.05, 3.63) is 58.5 Å². The minimum absolute atomic E-state index is 0.138. The molecule has 3 atom stereocenters. The standard InChI is InChI=1S/C17H22ClN3O2/c1-11-5-6-16(23-11)17-13(9-20-21-17)8-19-10-15(22)12-3-2-4-14(18)7-12/h2-7,13,15,17,19-22H,8-10H2,1H3. The van der Waals surface area contributed by atoms with Gasteiger partial charge in [0.1, 0.15) is 11.5 Å². The van der Waals surface area contributed by atoms with Crippen LogP contribution in [0.25, 0.3) is 0 Å². The lowest BCUT2D eigenvalue weighted by Gasteiger charge is -2.18. The van der Waals surface area contributed by atoms with Crippen LogP contribution in [0.2, 0.25) is 5.02 Å². The highest BCUT2D eigenvalue weighted by Gasteiger charge is 2.30. The first-order valence-corrected chi connectivity index (χ1v) is 8.20. The molecule has 3 rings (SSSR count). The Balaban J connectivity index is 1.51. The summed E-state index contributed by atoms with van der Waals surface area (Å²) in [6.45, 7) is 4.06. The van der Waals surface area contributed by atoms with Gasteiger partial charge in [-0.25, -0.2) is 5.43 Å². The van der Waals surface area contributed by atoms with Crippen LogP contribution in [-0.4, -0.2) is 24.7 Å². The number of aliphatic hydroxyl groups excluding tert-OH is 1. The molecule has 2 heterocycles. The summed E-state index contributed by atoms with van der Waals surface area (Å²) in [5.41, 5.74) is 7.25. The third kappa shape index (κ3) is 4.13. The first-order valence-electron chi connectivity index (χ1n) is 7.82. The van der Waals surface area contributed by atoms with Gasteiger partial charge >= 0.3 is 0 Å². The molecule has 0 spiro atoms. The number of rotatable bonds is 6. The number of hydrogen-bond acceptors (Lipinski definition) is 5. The Morgan fingerprint density at radius 1 is 1.39 bits per heavy atom. The second-order valence-electron chi connectivity index (χ2n) is 5.94. The van der Waals surface area contributed by atoms with E-state index in [1.165, 1.54) is 0 Å². The van der Waals surface area contributed by atoms with Crippen LogP contribution in [0.15, 0.2) is 40.8 Å². The maximum absolute atomic E-state index is 10.2. The second kappa shape index (κ2) is 7.47. The van der Waals surface area contributed by atoms with E-state index in [1.807, 2.05) is 31.2 Å². The molecular weight excluding hydrogens is 314 g/mol. The normalized spacial score (nSPS) is 22.4. The lowest BCUT2D eigenvalue weighted by Crippen LogP contribution is -2.31. The van der Waals surface area contributed by atoms with Gasteiger partial charge in [0.15, 0.2) is 0 Å². The maximum atomic E-state index is 10.2. The summed E-state index contributed by atoms with van der Waals surface area (Å²) in [5, 5.41) is 14.2. The third-order valence-electron chi connectivity index (χ3n) is 4.14. The SMILES string of the molecule is Cc1ccc(C2NNCC2CNCC(O)c2cccc(Cl)c2)o1. The molecule has 1 aromatic heterocycles. The Morgan fingerprint density at radius 2 is 2.26 bits per heavy atom. The predicted molar refractivity (Wildman–Crippen MR) is 90.1 cm³/mol. The van der Waals surface area contributed by atoms with Gasteiger partial charge in [0.05, 0.1) is 12.1 Å². The minimum Gasteiger partial charge on any atom is -0.465 e. The molecule has 4 N–H and O–H groups in total.